The fourth-order valence-corrected chi connectivity index (χ4v) is 3.38. The highest BCUT2D eigenvalue weighted by molar-refractivity contribution is 7.91. The molecule has 1 aromatic heterocycles. The topological polar surface area (TPSA) is 110 Å². The van der Waals surface area contributed by atoms with Crippen molar-refractivity contribution < 1.29 is 8.42 Å². The molecule has 0 bridgehead atoms. The van der Waals surface area contributed by atoms with Crippen molar-refractivity contribution in [2.45, 2.75) is 0 Å². The Morgan fingerprint density at radius 1 is 0.760 bits per heavy atom. The van der Waals surface area contributed by atoms with Crippen LogP contribution in [0, 0.1) is 0 Å². The molecule has 0 amide bonds. The van der Waals surface area contributed by atoms with Gasteiger partial charge >= 0.3 is 10.2 Å². The summed E-state index contributed by atoms with van der Waals surface area (Å²) in [6.45, 7) is 0. The van der Waals surface area contributed by atoms with Gasteiger partial charge in [0, 0.05) is 11.1 Å². The summed E-state index contributed by atoms with van der Waals surface area (Å²) in [6, 6.07) is 18.9. The van der Waals surface area contributed by atoms with Gasteiger partial charge in [-0.15, -0.1) is 4.40 Å². The van der Waals surface area contributed by atoms with Crippen LogP contribution in [0.25, 0.3) is 22.5 Å². The highest BCUT2D eigenvalue weighted by Crippen LogP contribution is 2.32. The molecule has 2 heterocycles. The molecule has 8 heteroatoms. The lowest BCUT2D eigenvalue weighted by molar-refractivity contribution is 0.602. The number of hydrogen-bond donors (Lipinski definition) is 2. The normalized spacial score (nSPS) is 15.0. The molecule has 0 saturated carbocycles. The molecule has 1 aliphatic heterocycles. The first-order chi connectivity index (χ1) is 12.0. The predicted molar refractivity (Wildman–Crippen MR) is 96.2 cm³/mol. The van der Waals surface area contributed by atoms with E-state index in [0.29, 0.717) is 11.4 Å². The summed E-state index contributed by atoms with van der Waals surface area (Å²) in [5, 5.41) is 0. The third-order valence-corrected chi connectivity index (χ3v) is 4.57. The van der Waals surface area contributed by atoms with Crippen LogP contribution in [0.3, 0.4) is 0 Å². The van der Waals surface area contributed by atoms with Crippen molar-refractivity contribution in [2.75, 3.05) is 4.72 Å². The maximum atomic E-state index is 11.8. The summed E-state index contributed by atoms with van der Waals surface area (Å²) in [7, 11) is -3.91. The number of aromatic nitrogens is 2. The van der Waals surface area contributed by atoms with Crippen LogP contribution in [0.1, 0.15) is 5.69 Å². The van der Waals surface area contributed by atoms with Crippen LogP contribution in [0.4, 0.5) is 5.82 Å². The number of anilines is 1. The minimum atomic E-state index is -3.91. The molecule has 7 nitrogen and oxygen atoms in total. The molecule has 1 aliphatic rings. The maximum absolute atomic E-state index is 11.8. The van der Waals surface area contributed by atoms with E-state index in [1.807, 2.05) is 60.7 Å². The Morgan fingerprint density at radius 2 is 1.28 bits per heavy atom. The number of hydrogen-bond acceptors (Lipinski definition) is 5. The van der Waals surface area contributed by atoms with E-state index < -0.39 is 10.2 Å². The number of nitrogens with zero attached hydrogens (tertiary/aromatic N) is 3. The van der Waals surface area contributed by atoms with Crippen LogP contribution < -0.4 is 10.5 Å². The molecule has 0 saturated heterocycles. The van der Waals surface area contributed by atoms with Gasteiger partial charge in [-0.05, 0) is 0 Å². The molecule has 0 fully saturated rings. The summed E-state index contributed by atoms with van der Waals surface area (Å²) in [4.78, 5) is 9.05. The quantitative estimate of drug-likeness (QED) is 0.735. The van der Waals surface area contributed by atoms with Crippen molar-refractivity contribution >= 4 is 21.9 Å². The molecule has 0 spiro atoms. The zero-order chi connectivity index (χ0) is 17.4. The first-order valence-corrected chi connectivity index (χ1v) is 8.89. The fourth-order valence-electron chi connectivity index (χ4n) is 2.60. The van der Waals surface area contributed by atoms with Gasteiger partial charge in [0.2, 0.25) is 0 Å². The van der Waals surface area contributed by atoms with E-state index in [1.54, 1.807) is 0 Å². The van der Waals surface area contributed by atoms with Gasteiger partial charge in [-0.1, -0.05) is 60.7 Å². The highest BCUT2D eigenvalue weighted by atomic mass is 32.2. The van der Waals surface area contributed by atoms with Crippen LogP contribution in [-0.4, -0.2) is 24.2 Å². The molecular weight excluding hydrogens is 338 g/mol. The van der Waals surface area contributed by atoms with Crippen molar-refractivity contribution in [3.63, 3.8) is 0 Å². The second-order valence-electron chi connectivity index (χ2n) is 5.40. The molecule has 0 aliphatic carbocycles. The number of nitrogens with one attached hydrogen (secondary N) is 1. The van der Waals surface area contributed by atoms with Crippen LogP contribution in [-0.2, 0) is 10.2 Å². The van der Waals surface area contributed by atoms with E-state index in [9.17, 15) is 8.42 Å². The Kier molecular flexibility index (Phi) is 3.47. The Labute approximate surface area is 144 Å². The van der Waals surface area contributed by atoms with E-state index >= 15 is 0 Å². The molecule has 0 atom stereocenters. The Hall–Kier alpha value is -3.26. The summed E-state index contributed by atoms with van der Waals surface area (Å²) in [5.74, 6) is -0.107. The highest BCUT2D eigenvalue weighted by Gasteiger charge is 2.26. The van der Waals surface area contributed by atoms with Gasteiger partial charge < -0.3 is 5.73 Å². The molecule has 124 valence electrons. The average molecular weight is 351 g/mol. The monoisotopic (exact) mass is 351 g/mol. The summed E-state index contributed by atoms with van der Waals surface area (Å²) in [5.41, 5.74) is 8.82. The molecule has 0 radical (unpaired) electrons. The van der Waals surface area contributed by atoms with Crippen molar-refractivity contribution in [2.24, 2.45) is 10.1 Å². The molecular formula is C17H13N5O2S. The largest absolute Gasteiger partial charge is 0.381 e. The Bertz CT molecular complexity index is 1080. The fraction of sp³-hybridized carbons (Fsp3) is 0. The number of benzene rings is 2. The van der Waals surface area contributed by atoms with Crippen molar-refractivity contribution in [1.29, 1.82) is 0 Å². The van der Waals surface area contributed by atoms with E-state index in [-0.39, 0.29) is 17.3 Å². The lowest BCUT2D eigenvalue weighted by Crippen LogP contribution is -2.28. The van der Waals surface area contributed by atoms with Crippen molar-refractivity contribution in [1.82, 2.24) is 9.97 Å². The van der Waals surface area contributed by atoms with Gasteiger partial charge in [0.15, 0.2) is 17.3 Å². The van der Waals surface area contributed by atoms with Gasteiger partial charge in [-0.25, -0.2) is 14.7 Å². The lowest BCUT2D eigenvalue weighted by atomic mass is 10.0. The van der Waals surface area contributed by atoms with Gasteiger partial charge in [-0.2, -0.15) is 8.42 Å². The van der Waals surface area contributed by atoms with Gasteiger partial charge in [0.05, 0.1) is 11.4 Å². The zero-order valence-electron chi connectivity index (χ0n) is 12.9. The zero-order valence-corrected chi connectivity index (χ0v) is 13.7. The third kappa shape index (κ3) is 2.83. The molecule has 3 aromatic rings. The molecule has 0 unspecified atom stereocenters. The van der Waals surface area contributed by atoms with Gasteiger partial charge in [-0.3, -0.25) is 0 Å². The second kappa shape index (κ2) is 5.67. The second-order valence-corrected chi connectivity index (χ2v) is 6.74. The van der Waals surface area contributed by atoms with E-state index in [4.69, 9.17) is 5.73 Å². The van der Waals surface area contributed by atoms with Crippen molar-refractivity contribution in [3.05, 3.63) is 66.4 Å². The minimum absolute atomic E-state index is 0.0750. The van der Waals surface area contributed by atoms with Crippen LogP contribution in [0.5, 0.6) is 0 Å². The first-order valence-electron chi connectivity index (χ1n) is 7.45. The van der Waals surface area contributed by atoms with E-state index in [1.165, 1.54) is 0 Å². The maximum Gasteiger partial charge on any atom is 0.345 e. The lowest BCUT2D eigenvalue weighted by Gasteiger charge is -2.17. The number of fused-ring (bicyclic) bond motifs is 1. The van der Waals surface area contributed by atoms with E-state index in [0.717, 1.165) is 11.1 Å². The molecule has 25 heavy (non-hydrogen) atoms. The number of amidine groups is 1. The summed E-state index contributed by atoms with van der Waals surface area (Å²) >= 11 is 0. The van der Waals surface area contributed by atoms with Crippen molar-refractivity contribution in [3.8, 4) is 22.5 Å². The Morgan fingerprint density at radius 3 is 1.84 bits per heavy atom. The predicted octanol–water partition coefficient (Wildman–Crippen LogP) is 2.19. The van der Waals surface area contributed by atoms with Gasteiger partial charge in [0.25, 0.3) is 0 Å². The number of rotatable bonds is 2. The van der Waals surface area contributed by atoms with E-state index in [2.05, 4.69) is 19.1 Å². The standard InChI is InChI=1S/C17H13N5O2S/c18-16-15-17(22-25(23,24)21-16)20-14(12-9-5-2-6-10-12)13(19-15)11-7-3-1-4-8-11/h1-10H,(H2,18,21)(H,20,22). The average Bonchev–Trinajstić information content (AvgIpc) is 2.61. The smallest absolute Gasteiger partial charge is 0.345 e. The Balaban J connectivity index is 2.02. The minimum Gasteiger partial charge on any atom is -0.381 e. The molecule has 2 aromatic carbocycles. The van der Waals surface area contributed by atoms with Crippen LogP contribution in [0.15, 0.2) is 65.1 Å². The summed E-state index contributed by atoms with van der Waals surface area (Å²) < 4.78 is 29.3. The third-order valence-electron chi connectivity index (χ3n) is 3.68. The van der Waals surface area contributed by atoms with Crippen LogP contribution >= 0.6 is 0 Å². The van der Waals surface area contributed by atoms with Gasteiger partial charge in [0.1, 0.15) is 0 Å². The summed E-state index contributed by atoms with van der Waals surface area (Å²) in [6.07, 6.45) is 0. The first kappa shape index (κ1) is 15.3. The molecule has 4 rings (SSSR count). The van der Waals surface area contributed by atoms with Crippen LogP contribution in [0.2, 0.25) is 0 Å². The molecule has 3 N–H and O–H groups in total. The SMILES string of the molecule is NC1=NS(=O)(=O)Nc2nc(-c3ccccc3)c(-c3ccccc3)nc21. The number of nitrogens with two attached hydrogens (primary N) is 1.